The van der Waals surface area contributed by atoms with Gasteiger partial charge in [0, 0.05) is 11.0 Å². The van der Waals surface area contributed by atoms with Crippen molar-refractivity contribution in [3.8, 4) is 11.5 Å². The summed E-state index contributed by atoms with van der Waals surface area (Å²) in [6.45, 7) is 2.23. The third-order valence-electron chi connectivity index (χ3n) is 3.62. The Morgan fingerprint density at radius 3 is 2.82 bits per heavy atom. The smallest absolute Gasteiger partial charge is 0.304 e. The van der Waals surface area contributed by atoms with E-state index < -0.39 is 5.97 Å². The Balaban J connectivity index is 2.09. The van der Waals surface area contributed by atoms with Gasteiger partial charge in [-0.2, -0.15) is 0 Å². The summed E-state index contributed by atoms with van der Waals surface area (Å²) in [5.41, 5.74) is 1.90. The molecule has 0 unspecified atom stereocenters. The molecule has 0 radical (unpaired) electrons. The fourth-order valence-corrected chi connectivity index (χ4v) is 2.69. The maximum absolute atomic E-state index is 11.0. The lowest BCUT2D eigenvalue weighted by molar-refractivity contribution is -0.137. The number of carbonyl (C=O) groups is 1. The van der Waals surface area contributed by atoms with Gasteiger partial charge in [0.05, 0.1) is 6.42 Å². The van der Waals surface area contributed by atoms with Crippen LogP contribution < -0.4 is 9.47 Å². The van der Waals surface area contributed by atoms with E-state index >= 15 is 0 Å². The molecular formula is C13H14O4. The summed E-state index contributed by atoms with van der Waals surface area (Å²) in [4.78, 5) is 11.0. The van der Waals surface area contributed by atoms with E-state index in [9.17, 15) is 4.79 Å². The molecule has 0 aromatic heterocycles. The van der Waals surface area contributed by atoms with Gasteiger partial charge in [-0.15, -0.1) is 0 Å². The number of aryl methyl sites for hydroxylation is 1. The van der Waals surface area contributed by atoms with Crippen molar-refractivity contribution in [3.05, 3.63) is 23.3 Å². The standard InChI is InChI=1S/C13H14O4/c1-8-2-3-9-12(17-7-16-9)11(8)13(4-5-13)6-10(14)15/h2-3H,4-7H2,1H3,(H,14,15). The summed E-state index contributed by atoms with van der Waals surface area (Å²) in [6, 6.07) is 3.86. The van der Waals surface area contributed by atoms with E-state index in [2.05, 4.69) is 0 Å². The first-order chi connectivity index (χ1) is 8.12. The molecule has 1 heterocycles. The van der Waals surface area contributed by atoms with Gasteiger partial charge in [-0.25, -0.2) is 0 Å². The molecule has 1 aromatic rings. The van der Waals surface area contributed by atoms with Crippen molar-refractivity contribution in [2.75, 3.05) is 6.79 Å². The molecule has 0 atom stereocenters. The van der Waals surface area contributed by atoms with Crippen LogP contribution in [-0.4, -0.2) is 17.9 Å². The van der Waals surface area contributed by atoms with Gasteiger partial charge in [0.15, 0.2) is 11.5 Å². The molecule has 1 saturated carbocycles. The summed E-state index contributed by atoms with van der Waals surface area (Å²) in [7, 11) is 0. The van der Waals surface area contributed by atoms with Gasteiger partial charge >= 0.3 is 5.97 Å². The number of rotatable bonds is 3. The molecule has 90 valence electrons. The molecule has 3 rings (SSSR count). The third-order valence-corrected chi connectivity index (χ3v) is 3.62. The lowest BCUT2D eigenvalue weighted by Crippen LogP contribution is -2.15. The van der Waals surface area contributed by atoms with E-state index in [1.54, 1.807) is 0 Å². The lowest BCUT2D eigenvalue weighted by Gasteiger charge is -2.18. The second kappa shape index (κ2) is 3.39. The average Bonchev–Trinajstić information content (AvgIpc) is 2.87. The minimum atomic E-state index is -0.751. The Morgan fingerprint density at radius 2 is 2.18 bits per heavy atom. The summed E-state index contributed by atoms with van der Waals surface area (Å²) in [6.07, 6.45) is 2.01. The molecule has 1 aromatic carbocycles. The SMILES string of the molecule is Cc1ccc2c(c1C1(CC(=O)O)CC1)OCO2. The molecule has 1 aliphatic heterocycles. The Labute approximate surface area is 99.2 Å². The zero-order valence-corrected chi connectivity index (χ0v) is 9.66. The summed E-state index contributed by atoms with van der Waals surface area (Å²) in [5, 5.41) is 9.02. The molecule has 0 spiro atoms. The number of hydrogen-bond donors (Lipinski definition) is 1. The van der Waals surface area contributed by atoms with E-state index in [0.29, 0.717) is 0 Å². The van der Waals surface area contributed by atoms with Gasteiger partial charge in [0.2, 0.25) is 6.79 Å². The largest absolute Gasteiger partial charge is 0.481 e. The second-order valence-corrected chi connectivity index (χ2v) is 4.84. The van der Waals surface area contributed by atoms with Gasteiger partial charge in [0.25, 0.3) is 0 Å². The molecule has 0 amide bonds. The normalized spacial score (nSPS) is 19.1. The molecule has 1 fully saturated rings. The van der Waals surface area contributed by atoms with Crippen LogP contribution >= 0.6 is 0 Å². The van der Waals surface area contributed by atoms with E-state index in [1.807, 2.05) is 19.1 Å². The first kappa shape index (κ1) is 10.4. The number of hydrogen-bond acceptors (Lipinski definition) is 3. The van der Waals surface area contributed by atoms with Crippen LogP contribution in [0.4, 0.5) is 0 Å². The van der Waals surface area contributed by atoms with Crippen molar-refractivity contribution < 1.29 is 19.4 Å². The van der Waals surface area contributed by atoms with E-state index in [-0.39, 0.29) is 18.6 Å². The molecule has 0 bridgehead atoms. The zero-order chi connectivity index (χ0) is 12.0. The highest BCUT2D eigenvalue weighted by molar-refractivity contribution is 5.71. The summed E-state index contributed by atoms with van der Waals surface area (Å²) >= 11 is 0. The second-order valence-electron chi connectivity index (χ2n) is 4.84. The lowest BCUT2D eigenvalue weighted by atomic mass is 9.88. The average molecular weight is 234 g/mol. The van der Waals surface area contributed by atoms with Crippen LogP contribution in [0.15, 0.2) is 12.1 Å². The van der Waals surface area contributed by atoms with Crippen molar-refractivity contribution in [1.82, 2.24) is 0 Å². The molecule has 1 aliphatic carbocycles. The van der Waals surface area contributed by atoms with Crippen LogP contribution in [0, 0.1) is 6.92 Å². The Kier molecular flexibility index (Phi) is 2.08. The number of aliphatic carboxylic acids is 1. The highest BCUT2D eigenvalue weighted by Gasteiger charge is 2.49. The van der Waals surface area contributed by atoms with Gasteiger partial charge in [-0.3, -0.25) is 4.79 Å². The van der Waals surface area contributed by atoms with Crippen LogP contribution in [0.3, 0.4) is 0 Å². The molecule has 4 heteroatoms. The maximum Gasteiger partial charge on any atom is 0.304 e. The van der Waals surface area contributed by atoms with Crippen molar-refractivity contribution >= 4 is 5.97 Å². The number of carboxylic acid groups (broad SMARTS) is 1. The number of ether oxygens (including phenoxy) is 2. The van der Waals surface area contributed by atoms with Crippen LogP contribution in [-0.2, 0) is 10.2 Å². The van der Waals surface area contributed by atoms with E-state index in [4.69, 9.17) is 14.6 Å². The molecular weight excluding hydrogens is 220 g/mol. The fourth-order valence-electron chi connectivity index (χ4n) is 2.69. The topological polar surface area (TPSA) is 55.8 Å². The summed E-state index contributed by atoms with van der Waals surface area (Å²) in [5.74, 6) is 0.740. The Bertz CT molecular complexity index is 488. The first-order valence-electron chi connectivity index (χ1n) is 5.74. The van der Waals surface area contributed by atoms with E-state index in [1.165, 1.54) is 0 Å². The highest BCUT2D eigenvalue weighted by Crippen LogP contribution is 2.57. The van der Waals surface area contributed by atoms with Crippen molar-refractivity contribution in [2.24, 2.45) is 0 Å². The maximum atomic E-state index is 11.0. The predicted octanol–water partition coefficient (Wildman–Crippen LogP) is 2.23. The van der Waals surface area contributed by atoms with Crippen LogP contribution in [0.1, 0.15) is 30.4 Å². The number of benzene rings is 1. The van der Waals surface area contributed by atoms with Crippen LogP contribution in [0.5, 0.6) is 11.5 Å². The summed E-state index contributed by atoms with van der Waals surface area (Å²) < 4.78 is 10.9. The fraction of sp³-hybridized carbons (Fsp3) is 0.462. The van der Waals surface area contributed by atoms with Crippen molar-refractivity contribution in [3.63, 3.8) is 0 Å². The molecule has 4 nitrogen and oxygen atoms in total. The molecule has 1 N–H and O–H groups in total. The van der Waals surface area contributed by atoms with Crippen LogP contribution in [0.25, 0.3) is 0 Å². The van der Waals surface area contributed by atoms with Gasteiger partial charge < -0.3 is 14.6 Å². The Morgan fingerprint density at radius 1 is 1.41 bits per heavy atom. The Hall–Kier alpha value is -1.71. The minimum Gasteiger partial charge on any atom is -0.481 e. The number of fused-ring (bicyclic) bond motifs is 1. The van der Waals surface area contributed by atoms with Crippen molar-refractivity contribution in [2.45, 2.75) is 31.6 Å². The zero-order valence-electron chi connectivity index (χ0n) is 9.66. The monoisotopic (exact) mass is 234 g/mol. The predicted molar refractivity (Wildman–Crippen MR) is 60.5 cm³/mol. The molecule has 17 heavy (non-hydrogen) atoms. The third kappa shape index (κ3) is 1.55. The van der Waals surface area contributed by atoms with Crippen LogP contribution in [0.2, 0.25) is 0 Å². The molecule has 2 aliphatic rings. The van der Waals surface area contributed by atoms with Gasteiger partial charge in [-0.1, -0.05) is 6.07 Å². The highest BCUT2D eigenvalue weighted by atomic mass is 16.7. The minimum absolute atomic E-state index is 0.174. The molecule has 0 saturated heterocycles. The van der Waals surface area contributed by atoms with Crippen molar-refractivity contribution in [1.29, 1.82) is 0 Å². The van der Waals surface area contributed by atoms with Gasteiger partial charge in [-0.05, 0) is 31.4 Å². The number of carboxylic acids is 1. The van der Waals surface area contributed by atoms with E-state index in [0.717, 1.165) is 35.5 Å². The van der Waals surface area contributed by atoms with Gasteiger partial charge in [0.1, 0.15) is 0 Å². The first-order valence-corrected chi connectivity index (χ1v) is 5.74. The quantitative estimate of drug-likeness (QED) is 0.871.